The number of hydrogen-bond donors (Lipinski definition) is 6. The van der Waals surface area contributed by atoms with Gasteiger partial charge in [0, 0.05) is 80.8 Å². The minimum absolute atomic E-state index is 0.0571. The molecule has 2 aromatic carbocycles. The largest absolute Gasteiger partial charge is 0.507 e. The molecule has 2 aromatic rings. The summed E-state index contributed by atoms with van der Waals surface area (Å²) in [5, 5.41) is 67.1. The standard InChI is InChI=1S/C44H60N4O12/c1-22-13-11-14-23(2)43(56)46-34-29(21-45-48-17-12-16-47(9)18-19-48)38(53)31-32(39(34)54)37(52)27(6)41-33(31)42(55)44(8,60-41)58-20-15-30(57-10)24(3)40(59-28(7)49)26(5)36(51)25(4)35(22)50/h11,13-15,20-22,24-26,30,35-36,40,50-54H,12,16-19H2,1-10H3,(H,46,56)/t22-,24-,25-,26-,30+,35-,36-,40+,44-/m0/s1. The number of aromatic hydroxyl groups is 3. The Hall–Kier alpha value is -5.16. The van der Waals surface area contributed by atoms with Crippen molar-refractivity contribution in [3.8, 4) is 23.0 Å². The number of methoxy groups -OCH3 is 1. The number of aliphatic hydroxyl groups excluding tert-OH is 2. The number of carbonyl (C=O) groups is 3. The molecular weight excluding hydrogens is 776 g/mol. The molecule has 16 heteroatoms. The summed E-state index contributed by atoms with van der Waals surface area (Å²) in [5.41, 5.74) is -0.340. The third-order valence-electron chi connectivity index (χ3n) is 12.1. The molecule has 0 radical (unpaired) electrons. The van der Waals surface area contributed by atoms with E-state index in [1.807, 2.05) is 7.05 Å². The number of phenolic OH excluding ortho intramolecular Hbond substituents is 3. The predicted molar refractivity (Wildman–Crippen MR) is 225 cm³/mol. The highest BCUT2D eigenvalue weighted by molar-refractivity contribution is 6.23. The number of ether oxygens (including phenoxy) is 4. The minimum Gasteiger partial charge on any atom is -0.507 e. The van der Waals surface area contributed by atoms with Gasteiger partial charge in [-0.3, -0.25) is 19.4 Å². The Kier molecular flexibility index (Phi) is 14.3. The number of allylic oxidation sites excluding steroid dienone is 2. The van der Waals surface area contributed by atoms with Crippen molar-refractivity contribution >= 4 is 40.3 Å². The van der Waals surface area contributed by atoms with Crippen LogP contribution in [0.2, 0.25) is 0 Å². The summed E-state index contributed by atoms with van der Waals surface area (Å²) in [4.78, 5) is 42.8. The molecule has 0 spiro atoms. The summed E-state index contributed by atoms with van der Waals surface area (Å²) in [5.74, 6) is -8.34. The molecule has 0 unspecified atom stereocenters. The molecule has 60 heavy (non-hydrogen) atoms. The fraction of sp³-hybridized carbons (Fsp3) is 0.545. The van der Waals surface area contributed by atoms with Crippen LogP contribution in [0.25, 0.3) is 10.8 Å². The van der Waals surface area contributed by atoms with Gasteiger partial charge in [-0.25, -0.2) is 0 Å². The molecule has 6 rings (SSSR count). The Morgan fingerprint density at radius 1 is 0.950 bits per heavy atom. The second kappa shape index (κ2) is 18.6. The summed E-state index contributed by atoms with van der Waals surface area (Å²) in [6.45, 7) is 15.3. The molecule has 9 atom stereocenters. The van der Waals surface area contributed by atoms with Crippen molar-refractivity contribution in [3.63, 3.8) is 0 Å². The number of benzene rings is 2. The Morgan fingerprint density at radius 3 is 2.32 bits per heavy atom. The van der Waals surface area contributed by atoms with Crippen molar-refractivity contribution in [1.82, 2.24) is 9.91 Å². The third kappa shape index (κ3) is 9.11. The molecule has 1 amide bonds. The average molecular weight is 837 g/mol. The Labute approximate surface area is 350 Å². The molecule has 328 valence electrons. The summed E-state index contributed by atoms with van der Waals surface area (Å²) in [6.07, 6.45) is 5.70. The number of Topliss-reactive ketones (excluding diaryl/α,β-unsaturated/α-hetero) is 1. The number of nitrogens with one attached hydrogen (secondary N) is 1. The van der Waals surface area contributed by atoms with E-state index in [9.17, 15) is 39.9 Å². The highest BCUT2D eigenvalue weighted by Crippen LogP contribution is 2.55. The zero-order chi connectivity index (χ0) is 44.4. The van der Waals surface area contributed by atoms with Crippen LogP contribution in [-0.4, -0.2) is 130 Å². The first kappa shape index (κ1) is 45.9. The average Bonchev–Trinajstić information content (AvgIpc) is 3.31. The third-order valence-corrected chi connectivity index (χ3v) is 12.1. The molecule has 0 saturated carbocycles. The molecule has 6 N–H and O–H groups in total. The maximum Gasteiger partial charge on any atom is 0.312 e. The van der Waals surface area contributed by atoms with Crippen LogP contribution in [0.15, 0.2) is 41.2 Å². The van der Waals surface area contributed by atoms with Gasteiger partial charge in [0.2, 0.25) is 0 Å². The maximum absolute atomic E-state index is 14.5. The fourth-order valence-corrected chi connectivity index (χ4v) is 8.16. The van der Waals surface area contributed by atoms with Gasteiger partial charge < -0.3 is 54.7 Å². The van der Waals surface area contributed by atoms with Gasteiger partial charge in [0.25, 0.3) is 11.7 Å². The van der Waals surface area contributed by atoms with E-state index in [2.05, 4.69) is 15.3 Å². The highest BCUT2D eigenvalue weighted by atomic mass is 16.7. The number of carbonyl (C=O) groups excluding carboxylic acids is 3. The number of aliphatic hydroxyl groups is 2. The van der Waals surface area contributed by atoms with Gasteiger partial charge in [-0.05, 0) is 39.9 Å². The lowest BCUT2D eigenvalue weighted by Crippen LogP contribution is -2.46. The number of likely N-dealkylation sites (N-methyl/N-ethyl adjacent to an activating group) is 1. The van der Waals surface area contributed by atoms with Crippen molar-refractivity contribution in [1.29, 1.82) is 0 Å². The minimum atomic E-state index is -2.04. The topological polar surface area (TPSA) is 220 Å². The number of hydrazone groups is 1. The molecule has 5 bridgehead atoms. The SMILES string of the molecule is CO[C@@H]1C=CO[C@@]2(C)Oc3c(C)c(O)c4c(O)c(c(C=NN5CCCN(C)CC5)c(O)c4c3C2=O)NC(=O)C(C)=CC=C[C@H](C)[C@H](O)[C@H](C)[C@H](O)[C@H](C)[C@H](OC(C)=O)[C@H]1C. The lowest BCUT2D eigenvalue weighted by molar-refractivity contribution is -0.160. The van der Waals surface area contributed by atoms with Crippen LogP contribution in [0.1, 0.15) is 76.4 Å². The van der Waals surface area contributed by atoms with Crippen molar-refractivity contribution in [2.75, 3.05) is 45.7 Å². The van der Waals surface area contributed by atoms with Gasteiger partial charge in [-0.15, -0.1) is 0 Å². The number of anilines is 1. The lowest BCUT2D eigenvalue weighted by Gasteiger charge is -2.38. The number of amides is 1. The summed E-state index contributed by atoms with van der Waals surface area (Å²) in [7, 11) is 3.44. The van der Waals surface area contributed by atoms with Crippen LogP contribution in [0.3, 0.4) is 0 Å². The molecule has 1 fully saturated rings. The Balaban J connectivity index is 1.71. The molecule has 16 nitrogen and oxygen atoms in total. The van der Waals surface area contributed by atoms with E-state index in [0.717, 1.165) is 19.5 Å². The van der Waals surface area contributed by atoms with Crippen LogP contribution in [0.4, 0.5) is 5.69 Å². The molecule has 0 aliphatic carbocycles. The summed E-state index contributed by atoms with van der Waals surface area (Å²) in [6, 6.07) is 0. The summed E-state index contributed by atoms with van der Waals surface area (Å²) < 4.78 is 23.6. The smallest absolute Gasteiger partial charge is 0.312 e. The van der Waals surface area contributed by atoms with E-state index in [1.54, 1.807) is 44.9 Å². The Morgan fingerprint density at radius 2 is 1.65 bits per heavy atom. The van der Waals surface area contributed by atoms with Crippen LogP contribution in [0, 0.1) is 30.6 Å². The fourth-order valence-electron chi connectivity index (χ4n) is 8.16. The number of ketones is 1. The van der Waals surface area contributed by atoms with Crippen molar-refractivity contribution < 1.29 is 58.9 Å². The van der Waals surface area contributed by atoms with E-state index < -0.39 is 88.8 Å². The Bertz CT molecular complexity index is 2100. The highest BCUT2D eigenvalue weighted by Gasteiger charge is 2.50. The van der Waals surface area contributed by atoms with Crippen LogP contribution in [-0.2, 0) is 23.8 Å². The van der Waals surface area contributed by atoms with Gasteiger partial charge >= 0.3 is 11.8 Å². The van der Waals surface area contributed by atoms with E-state index in [0.29, 0.717) is 13.1 Å². The van der Waals surface area contributed by atoms with E-state index in [-0.39, 0.29) is 44.5 Å². The van der Waals surface area contributed by atoms with Crippen LogP contribution < -0.4 is 10.1 Å². The van der Waals surface area contributed by atoms with Gasteiger partial charge in [0.1, 0.15) is 23.4 Å². The zero-order valence-corrected chi connectivity index (χ0v) is 36.1. The zero-order valence-electron chi connectivity index (χ0n) is 36.1. The van der Waals surface area contributed by atoms with Gasteiger partial charge in [-0.2, -0.15) is 5.10 Å². The first-order valence-corrected chi connectivity index (χ1v) is 20.3. The summed E-state index contributed by atoms with van der Waals surface area (Å²) >= 11 is 0. The molecular formula is C44H60N4O12. The second-order valence-corrected chi connectivity index (χ2v) is 16.5. The number of esters is 1. The van der Waals surface area contributed by atoms with E-state index in [1.165, 1.54) is 59.4 Å². The van der Waals surface area contributed by atoms with E-state index >= 15 is 0 Å². The first-order chi connectivity index (χ1) is 28.2. The van der Waals surface area contributed by atoms with Gasteiger partial charge in [0.15, 0.2) is 5.75 Å². The number of hydrogen-bond acceptors (Lipinski definition) is 15. The number of nitrogens with zero attached hydrogens (tertiary/aromatic N) is 3. The van der Waals surface area contributed by atoms with Crippen molar-refractivity contribution in [2.45, 2.75) is 92.0 Å². The van der Waals surface area contributed by atoms with E-state index in [4.69, 9.17) is 18.9 Å². The van der Waals surface area contributed by atoms with Crippen molar-refractivity contribution in [3.05, 3.63) is 52.8 Å². The molecule has 4 aliphatic rings. The number of phenols is 3. The lowest BCUT2D eigenvalue weighted by atomic mass is 9.78. The molecule has 0 aromatic heterocycles. The van der Waals surface area contributed by atoms with Gasteiger partial charge in [-0.1, -0.05) is 45.9 Å². The van der Waals surface area contributed by atoms with Crippen LogP contribution >= 0.6 is 0 Å². The molecule has 4 aliphatic heterocycles. The predicted octanol–water partition coefficient (Wildman–Crippen LogP) is 4.73. The maximum atomic E-state index is 14.5. The second-order valence-electron chi connectivity index (χ2n) is 16.5. The first-order valence-electron chi connectivity index (χ1n) is 20.3. The monoisotopic (exact) mass is 836 g/mol. The molecule has 4 heterocycles. The molecule has 1 saturated heterocycles. The quantitative estimate of drug-likeness (QED) is 0.106. The van der Waals surface area contributed by atoms with Crippen LogP contribution in [0.5, 0.6) is 23.0 Å². The van der Waals surface area contributed by atoms with Crippen molar-refractivity contribution in [2.24, 2.45) is 28.8 Å². The number of rotatable bonds is 4. The number of fused-ring (bicyclic) bond motifs is 14. The van der Waals surface area contributed by atoms with Gasteiger partial charge in [0.05, 0.1) is 53.0 Å². The normalized spacial score (nSPS) is 30.0.